The Balaban J connectivity index is 1.82. The molecule has 0 amide bonds. The molecule has 2 heterocycles. The average molecular weight is 411 g/mol. The number of nitrogens with one attached hydrogen (secondary N) is 2. The Morgan fingerprint density at radius 1 is 0.893 bits per heavy atom. The summed E-state index contributed by atoms with van der Waals surface area (Å²) in [5.41, 5.74) is 4.24. The number of anilines is 3. The maximum Gasteiger partial charge on any atom is 0.272 e. The third-order valence-corrected chi connectivity index (χ3v) is 6.94. The molecule has 4 aromatic rings. The normalized spacial score (nSPS) is 11.5. The second-order valence-electron chi connectivity index (χ2n) is 6.39. The Hall–Kier alpha value is -2.97. The van der Waals surface area contributed by atoms with Gasteiger partial charge in [0.05, 0.1) is 11.0 Å². The van der Waals surface area contributed by atoms with E-state index in [9.17, 15) is 8.42 Å². The standard InChI is InChI=1S/C20H18N4O2S2/c1-13-9-10-14(2)17(12-13)23-19-20(22-16-7-4-3-6-15(16)21-19)24-28(25,26)18-8-5-11-27-18/h3-12H,1-2H3,(H,21,23)(H,22,24). The zero-order chi connectivity index (χ0) is 19.7. The summed E-state index contributed by atoms with van der Waals surface area (Å²) in [7, 11) is -3.75. The number of para-hydroxylation sites is 2. The van der Waals surface area contributed by atoms with Crippen molar-refractivity contribution in [3.63, 3.8) is 0 Å². The lowest BCUT2D eigenvalue weighted by Gasteiger charge is -2.15. The first kappa shape index (κ1) is 18.4. The topological polar surface area (TPSA) is 84.0 Å². The van der Waals surface area contributed by atoms with Gasteiger partial charge in [-0.15, -0.1) is 11.3 Å². The van der Waals surface area contributed by atoms with Crippen LogP contribution in [0.3, 0.4) is 0 Å². The first-order valence-corrected chi connectivity index (χ1v) is 11.0. The number of nitrogens with zero attached hydrogens (tertiary/aromatic N) is 2. The molecule has 8 heteroatoms. The van der Waals surface area contributed by atoms with Gasteiger partial charge in [0.25, 0.3) is 10.0 Å². The predicted molar refractivity (Wildman–Crippen MR) is 114 cm³/mol. The summed E-state index contributed by atoms with van der Waals surface area (Å²) in [4.78, 5) is 9.12. The fourth-order valence-corrected chi connectivity index (χ4v) is 4.75. The van der Waals surface area contributed by atoms with Crippen molar-refractivity contribution in [1.82, 2.24) is 9.97 Å². The number of sulfonamides is 1. The third-order valence-electron chi connectivity index (χ3n) is 4.21. The molecule has 2 N–H and O–H groups in total. The average Bonchev–Trinajstić information content (AvgIpc) is 3.21. The summed E-state index contributed by atoms with van der Waals surface area (Å²) in [6.07, 6.45) is 0. The van der Waals surface area contributed by atoms with Crippen LogP contribution in [0.5, 0.6) is 0 Å². The number of benzene rings is 2. The molecule has 0 aliphatic heterocycles. The SMILES string of the molecule is Cc1ccc(C)c(Nc2nc3ccccc3nc2NS(=O)(=O)c2cccs2)c1. The molecule has 0 fully saturated rings. The minimum absolute atomic E-state index is 0.160. The summed E-state index contributed by atoms with van der Waals surface area (Å²) >= 11 is 1.15. The molecular weight excluding hydrogens is 392 g/mol. The molecule has 142 valence electrons. The Kier molecular flexibility index (Phi) is 4.74. The van der Waals surface area contributed by atoms with Gasteiger partial charge in [-0.25, -0.2) is 18.4 Å². The molecule has 0 aliphatic carbocycles. The zero-order valence-electron chi connectivity index (χ0n) is 15.3. The van der Waals surface area contributed by atoms with Crippen LogP contribution >= 0.6 is 11.3 Å². The van der Waals surface area contributed by atoms with Crippen LogP contribution in [0.4, 0.5) is 17.3 Å². The van der Waals surface area contributed by atoms with Gasteiger partial charge in [0.15, 0.2) is 11.6 Å². The van der Waals surface area contributed by atoms with E-state index < -0.39 is 10.0 Å². The second-order valence-corrected chi connectivity index (χ2v) is 9.25. The number of rotatable bonds is 5. The van der Waals surface area contributed by atoms with E-state index in [1.807, 2.05) is 50.2 Å². The number of hydrogen-bond acceptors (Lipinski definition) is 6. The van der Waals surface area contributed by atoms with Crippen molar-refractivity contribution in [3.05, 3.63) is 71.1 Å². The molecule has 0 radical (unpaired) electrons. The lowest BCUT2D eigenvalue weighted by Crippen LogP contribution is -2.15. The zero-order valence-corrected chi connectivity index (χ0v) is 16.9. The fourth-order valence-electron chi connectivity index (χ4n) is 2.75. The van der Waals surface area contributed by atoms with Gasteiger partial charge in [0, 0.05) is 5.69 Å². The van der Waals surface area contributed by atoms with Crippen LogP contribution in [0.25, 0.3) is 11.0 Å². The van der Waals surface area contributed by atoms with Gasteiger partial charge < -0.3 is 5.32 Å². The monoisotopic (exact) mass is 410 g/mol. The summed E-state index contributed by atoms with van der Waals surface area (Å²) < 4.78 is 28.3. The van der Waals surface area contributed by atoms with E-state index in [4.69, 9.17) is 0 Å². The Bertz CT molecular complexity index is 1250. The Morgan fingerprint density at radius 2 is 1.61 bits per heavy atom. The van der Waals surface area contributed by atoms with E-state index in [1.165, 1.54) is 0 Å². The largest absolute Gasteiger partial charge is 0.337 e. The lowest BCUT2D eigenvalue weighted by molar-refractivity contribution is 0.603. The Labute approximate surface area is 167 Å². The summed E-state index contributed by atoms with van der Waals surface area (Å²) in [5.74, 6) is 0.514. The van der Waals surface area contributed by atoms with Crippen LogP contribution in [0.2, 0.25) is 0 Å². The van der Waals surface area contributed by atoms with E-state index in [-0.39, 0.29) is 10.0 Å². The lowest BCUT2D eigenvalue weighted by atomic mass is 10.1. The highest BCUT2D eigenvalue weighted by Gasteiger charge is 2.20. The van der Waals surface area contributed by atoms with Gasteiger partial charge in [-0.05, 0) is 54.6 Å². The fraction of sp³-hybridized carbons (Fsp3) is 0.100. The molecule has 0 spiro atoms. The molecule has 0 saturated carbocycles. The minimum atomic E-state index is -3.75. The van der Waals surface area contributed by atoms with Gasteiger partial charge in [0.2, 0.25) is 0 Å². The molecular formula is C20H18N4O2S2. The van der Waals surface area contributed by atoms with Crippen LogP contribution in [0.1, 0.15) is 11.1 Å². The number of aryl methyl sites for hydroxylation is 2. The highest BCUT2D eigenvalue weighted by Crippen LogP contribution is 2.29. The molecule has 0 bridgehead atoms. The number of hydrogen-bond donors (Lipinski definition) is 2. The van der Waals surface area contributed by atoms with Crippen LogP contribution in [-0.2, 0) is 10.0 Å². The van der Waals surface area contributed by atoms with Gasteiger partial charge in [-0.3, -0.25) is 4.72 Å². The molecule has 2 aromatic carbocycles. The van der Waals surface area contributed by atoms with E-state index in [0.717, 1.165) is 28.2 Å². The van der Waals surface area contributed by atoms with E-state index >= 15 is 0 Å². The van der Waals surface area contributed by atoms with Crippen molar-refractivity contribution in [1.29, 1.82) is 0 Å². The van der Waals surface area contributed by atoms with Gasteiger partial charge in [0.1, 0.15) is 4.21 Å². The van der Waals surface area contributed by atoms with Crippen molar-refractivity contribution in [2.75, 3.05) is 10.0 Å². The maximum absolute atomic E-state index is 12.7. The summed E-state index contributed by atoms with van der Waals surface area (Å²) in [6, 6.07) is 16.6. The third kappa shape index (κ3) is 3.69. The molecule has 6 nitrogen and oxygen atoms in total. The summed E-state index contributed by atoms with van der Waals surface area (Å²) in [6.45, 7) is 3.98. The van der Waals surface area contributed by atoms with Crippen LogP contribution < -0.4 is 10.0 Å². The first-order valence-electron chi connectivity index (χ1n) is 8.60. The molecule has 0 saturated heterocycles. The van der Waals surface area contributed by atoms with Gasteiger partial charge in [-0.2, -0.15) is 0 Å². The highest BCUT2D eigenvalue weighted by molar-refractivity contribution is 7.94. The summed E-state index contributed by atoms with van der Waals surface area (Å²) in [5, 5.41) is 4.96. The molecule has 0 unspecified atom stereocenters. The van der Waals surface area contributed by atoms with Gasteiger partial charge in [-0.1, -0.05) is 30.3 Å². The molecule has 0 aliphatic rings. The number of fused-ring (bicyclic) bond motifs is 1. The van der Waals surface area contributed by atoms with E-state index in [1.54, 1.807) is 23.6 Å². The molecule has 0 atom stereocenters. The number of aromatic nitrogens is 2. The highest BCUT2D eigenvalue weighted by atomic mass is 32.2. The van der Waals surface area contributed by atoms with Crippen LogP contribution in [0.15, 0.2) is 64.2 Å². The number of thiophene rings is 1. The van der Waals surface area contributed by atoms with Crippen molar-refractivity contribution in [2.24, 2.45) is 0 Å². The van der Waals surface area contributed by atoms with Crippen molar-refractivity contribution in [2.45, 2.75) is 18.1 Å². The smallest absolute Gasteiger partial charge is 0.272 e. The van der Waals surface area contributed by atoms with Crippen molar-refractivity contribution >= 4 is 49.7 Å². The first-order chi connectivity index (χ1) is 13.4. The molecule has 2 aromatic heterocycles. The predicted octanol–water partition coefficient (Wildman–Crippen LogP) is 4.85. The minimum Gasteiger partial charge on any atom is -0.337 e. The molecule has 28 heavy (non-hydrogen) atoms. The molecule has 4 rings (SSSR count). The van der Waals surface area contributed by atoms with Gasteiger partial charge >= 0.3 is 0 Å². The Morgan fingerprint density at radius 3 is 2.29 bits per heavy atom. The van der Waals surface area contributed by atoms with Crippen LogP contribution in [-0.4, -0.2) is 18.4 Å². The van der Waals surface area contributed by atoms with Crippen molar-refractivity contribution in [3.8, 4) is 0 Å². The maximum atomic E-state index is 12.7. The second kappa shape index (κ2) is 7.21. The van der Waals surface area contributed by atoms with Crippen LogP contribution in [0, 0.1) is 13.8 Å². The van der Waals surface area contributed by atoms with E-state index in [2.05, 4.69) is 20.0 Å². The van der Waals surface area contributed by atoms with Crippen molar-refractivity contribution < 1.29 is 8.42 Å². The quantitative estimate of drug-likeness (QED) is 0.491. The van der Waals surface area contributed by atoms with E-state index in [0.29, 0.717) is 16.9 Å².